The summed E-state index contributed by atoms with van der Waals surface area (Å²) in [7, 11) is 1.69. The molecule has 88 valence electrons. The molecule has 0 unspecified atom stereocenters. The van der Waals surface area contributed by atoms with Gasteiger partial charge in [-0.2, -0.15) is 0 Å². The Hall–Kier alpha value is -2.37. The minimum absolute atomic E-state index is 0.00150. The molecular weight excluding hydrogens is 222 g/mol. The standard InChI is InChI=1S/C11H11N3O3/c1-14-8-3-2-7(13-11(17)10(12)16)4-6(8)5-9(14)15/h2-4H,5H2,1H3,(H2,12,16)(H,13,17). The predicted molar refractivity (Wildman–Crippen MR) is 61.4 cm³/mol. The third kappa shape index (κ3) is 1.96. The van der Waals surface area contributed by atoms with Gasteiger partial charge in [-0.1, -0.05) is 0 Å². The van der Waals surface area contributed by atoms with E-state index in [-0.39, 0.29) is 5.91 Å². The molecule has 1 aromatic carbocycles. The highest BCUT2D eigenvalue weighted by Crippen LogP contribution is 2.29. The van der Waals surface area contributed by atoms with Gasteiger partial charge in [-0.05, 0) is 23.8 Å². The number of anilines is 2. The Morgan fingerprint density at radius 1 is 1.41 bits per heavy atom. The van der Waals surface area contributed by atoms with Crippen molar-refractivity contribution < 1.29 is 14.4 Å². The Bertz CT molecular complexity index is 525. The van der Waals surface area contributed by atoms with Crippen molar-refractivity contribution in [2.45, 2.75) is 6.42 Å². The van der Waals surface area contributed by atoms with Crippen LogP contribution in [0.1, 0.15) is 5.56 Å². The van der Waals surface area contributed by atoms with Gasteiger partial charge < -0.3 is 16.0 Å². The van der Waals surface area contributed by atoms with Crippen LogP contribution in [0.15, 0.2) is 18.2 Å². The number of nitrogens with zero attached hydrogens (tertiary/aromatic N) is 1. The quantitative estimate of drug-likeness (QED) is 0.648. The average Bonchev–Trinajstić information content (AvgIpc) is 2.54. The molecule has 3 N–H and O–H groups in total. The topological polar surface area (TPSA) is 92.5 Å². The smallest absolute Gasteiger partial charge is 0.313 e. The molecule has 1 aliphatic rings. The molecule has 0 saturated heterocycles. The molecule has 1 aliphatic heterocycles. The minimum atomic E-state index is -1.04. The number of primary amides is 1. The van der Waals surface area contributed by atoms with Gasteiger partial charge in [0.1, 0.15) is 0 Å². The summed E-state index contributed by atoms with van der Waals surface area (Å²) in [5.74, 6) is -1.92. The molecule has 1 heterocycles. The van der Waals surface area contributed by atoms with Crippen LogP contribution in [0, 0.1) is 0 Å². The lowest BCUT2D eigenvalue weighted by atomic mass is 10.1. The monoisotopic (exact) mass is 233 g/mol. The molecule has 3 amide bonds. The first-order valence-corrected chi connectivity index (χ1v) is 4.99. The Morgan fingerprint density at radius 2 is 2.12 bits per heavy atom. The van der Waals surface area contributed by atoms with Gasteiger partial charge in [-0.15, -0.1) is 0 Å². The van der Waals surface area contributed by atoms with Gasteiger partial charge >= 0.3 is 11.8 Å². The molecule has 6 heteroatoms. The van der Waals surface area contributed by atoms with E-state index in [9.17, 15) is 14.4 Å². The number of likely N-dealkylation sites (N-methyl/N-ethyl adjacent to an activating group) is 1. The Labute approximate surface area is 97.4 Å². The average molecular weight is 233 g/mol. The first-order valence-electron chi connectivity index (χ1n) is 4.99. The van der Waals surface area contributed by atoms with Crippen molar-refractivity contribution in [1.29, 1.82) is 0 Å². The summed E-state index contributed by atoms with van der Waals surface area (Å²) in [6, 6.07) is 5.00. The minimum Gasteiger partial charge on any atom is -0.361 e. The SMILES string of the molecule is CN1C(=O)Cc2cc(NC(=O)C(N)=O)ccc21. The van der Waals surface area contributed by atoms with Crippen molar-refractivity contribution in [2.24, 2.45) is 5.73 Å². The number of nitrogens with one attached hydrogen (secondary N) is 1. The number of rotatable bonds is 1. The molecule has 0 fully saturated rings. The van der Waals surface area contributed by atoms with Crippen molar-refractivity contribution in [3.63, 3.8) is 0 Å². The third-order valence-corrected chi connectivity index (χ3v) is 2.64. The van der Waals surface area contributed by atoms with Crippen LogP contribution in [0.5, 0.6) is 0 Å². The van der Waals surface area contributed by atoms with Gasteiger partial charge in [0.15, 0.2) is 0 Å². The lowest BCUT2D eigenvalue weighted by Crippen LogP contribution is -2.29. The molecule has 17 heavy (non-hydrogen) atoms. The molecule has 1 aromatic rings. The fourth-order valence-electron chi connectivity index (χ4n) is 1.74. The zero-order valence-corrected chi connectivity index (χ0v) is 9.19. The fourth-order valence-corrected chi connectivity index (χ4v) is 1.74. The van der Waals surface area contributed by atoms with Crippen LogP contribution in [-0.4, -0.2) is 24.8 Å². The number of hydrogen-bond donors (Lipinski definition) is 2. The zero-order valence-electron chi connectivity index (χ0n) is 9.19. The zero-order chi connectivity index (χ0) is 12.6. The van der Waals surface area contributed by atoms with Crippen LogP contribution in [0.3, 0.4) is 0 Å². The fraction of sp³-hybridized carbons (Fsp3) is 0.182. The number of hydrogen-bond acceptors (Lipinski definition) is 3. The molecule has 2 rings (SSSR count). The second-order valence-electron chi connectivity index (χ2n) is 3.79. The highest BCUT2D eigenvalue weighted by Gasteiger charge is 2.24. The van der Waals surface area contributed by atoms with Crippen molar-refractivity contribution in [2.75, 3.05) is 17.3 Å². The van der Waals surface area contributed by atoms with Gasteiger partial charge in [0.05, 0.1) is 6.42 Å². The summed E-state index contributed by atoms with van der Waals surface area (Å²) >= 11 is 0. The number of amides is 3. The predicted octanol–water partition coefficient (Wildman–Crippen LogP) is -0.371. The third-order valence-electron chi connectivity index (χ3n) is 2.64. The van der Waals surface area contributed by atoms with Crippen LogP contribution >= 0.6 is 0 Å². The lowest BCUT2D eigenvalue weighted by molar-refractivity contribution is -0.134. The molecule has 0 atom stereocenters. The van der Waals surface area contributed by atoms with Crippen LogP contribution < -0.4 is 16.0 Å². The summed E-state index contributed by atoms with van der Waals surface area (Å²) in [6.07, 6.45) is 0.298. The Balaban J connectivity index is 2.25. The van der Waals surface area contributed by atoms with Crippen LogP contribution in [-0.2, 0) is 20.8 Å². The summed E-state index contributed by atoms with van der Waals surface area (Å²) in [6.45, 7) is 0. The lowest BCUT2D eigenvalue weighted by Gasteiger charge is -2.10. The van der Waals surface area contributed by atoms with Crippen molar-refractivity contribution in [1.82, 2.24) is 0 Å². The molecule has 0 aliphatic carbocycles. The van der Waals surface area contributed by atoms with Crippen LogP contribution in [0.2, 0.25) is 0 Å². The maximum atomic E-state index is 11.4. The maximum Gasteiger partial charge on any atom is 0.313 e. The molecule has 0 radical (unpaired) electrons. The van der Waals surface area contributed by atoms with E-state index in [0.717, 1.165) is 11.3 Å². The summed E-state index contributed by atoms with van der Waals surface area (Å²) in [5.41, 5.74) is 6.91. The van der Waals surface area contributed by atoms with E-state index < -0.39 is 11.8 Å². The van der Waals surface area contributed by atoms with Crippen molar-refractivity contribution in [3.8, 4) is 0 Å². The van der Waals surface area contributed by atoms with E-state index in [2.05, 4.69) is 5.32 Å². The van der Waals surface area contributed by atoms with Crippen molar-refractivity contribution in [3.05, 3.63) is 23.8 Å². The van der Waals surface area contributed by atoms with Gasteiger partial charge in [-0.25, -0.2) is 0 Å². The van der Waals surface area contributed by atoms with Gasteiger partial charge in [0.2, 0.25) is 5.91 Å². The van der Waals surface area contributed by atoms with E-state index in [1.807, 2.05) is 0 Å². The van der Waals surface area contributed by atoms with Gasteiger partial charge in [-0.3, -0.25) is 14.4 Å². The summed E-state index contributed by atoms with van der Waals surface area (Å²) in [4.78, 5) is 34.7. The molecule has 0 bridgehead atoms. The summed E-state index contributed by atoms with van der Waals surface area (Å²) < 4.78 is 0. The Morgan fingerprint density at radius 3 is 2.76 bits per heavy atom. The highest BCUT2D eigenvalue weighted by molar-refractivity contribution is 6.39. The number of carbonyl (C=O) groups excluding carboxylic acids is 3. The van der Waals surface area contributed by atoms with E-state index in [0.29, 0.717) is 12.1 Å². The van der Waals surface area contributed by atoms with E-state index in [1.54, 1.807) is 30.1 Å². The highest BCUT2D eigenvalue weighted by atomic mass is 16.2. The van der Waals surface area contributed by atoms with E-state index >= 15 is 0 Å². The summed E-state index contributed by atoms with van der Waals surface area (Å²) in [5, 5.41) is 2.36. The number of benzene rings is 1. The molecular formula is C11H11N3O3. The van der Waals surface area contributed by atoms with E-state index in [1.165, 1.54) is 0 Å². The largest absolute Gasteiger partial charge is 0.361 e. The molecule has 6 nitrogen and oxygen atoms in total. The van der Waals surface area contributed by atoms with E-state index in [4.69, 9.17) is 5.73 Å². The Kier molecular flexibility index (Phi) is 2.55. The number of carbonyl (C=O) groups is 3. The second-order valence-corrected chi connectivity index (χ2v) is 3.79. The van der Waals surface area contributed by atoms with Gasteiger partial charge in [0, 0.05) is 18.4 Å². The maximum absolute atomic E-state index is 11.4. The normalized spacial score (nSPS) is 13.5. The molecule has 0 aromatic heterocycles. The molecule has 0 saturated carbocycles. The van der Waals surface area contributed by atoms with Gasteiger partial charge in [0.25, 0.3) is 0 Å². The number of fused-ring (bicyclic) bond motifs is 1. The second kappa shape index (κ2) is 3.89. The first-order chi connectivity index (χ1) is 7.99. The van der Waals surface area contributed by atoms with Crippen LogP contribution in [0.4, 0.5) is 11.4 Å². The van der Waals surface area contributed by atoms with Crippen LogP contribution in [0.25, 0.3) is 0 Å². The van der Waals surface area contributed by atoms with Crippen molar-refractivity contribution >= 4 is 29.1 Å². The number of nitrogens with two attached hydrogens (primary N) is 1. The molecule has 0 spiro atoms. The first kappa shape index (κ1) is 11.1.